The number of allylic oxidation sites excluding steroid dienone is 2. The van der Waals surface area contributed by atoms with Crippen LogP contribution in [0.4, 0.5) is 4.79 Å². The second-order valence-corrected chi connectivity index (χ2v) is 4.59. The van der Waals surface area contributed by atoms with E-state index in [4.69, 9.17) is 4.74 Å². The summed E-state index contributed by atoms with van der Waals surface area (Å²) in [5.41, 5.74) is 0.937. The van der Waals surface area contributed by atoms with Gasteiger partial charge >= 0.3 is 6.09 Å². The van der Waals surface area contributed by atoms with E-state index < -0.39 is 6.09 Å². The molecule has 1 atom stereocenters. The number of carbonyl (C=O) groups is 2. The molecular formula is C17H21NO3. The summed E-state index contributed by atoms with van der Waals surface area (Å²) in [5, 5.41) is 2.75. The van der Waals surface area contributed by atoms with Gasteiger partial charge in [0.25, 0.3) is 0 Å². The van der Waals surface area contributed by atoms with Crippen LogP contribution < -0.4 is 5.32 Å². The van der Waals surface area contributed by atoms with Crippen LogP contribution in [0.3, 0.4) is 0 Å². The lowest BCUT2D eigenvalue weighted by Crippen LogP contribution is -2.33. The number of alkyl carbamates (subject to hydrolysis) is 1. The van der Waals surface area contributed by atoms with Gasteiger partial charge in [0.05, 0.1) is 6.04 Å². The molecule has 0 aliphatic rings. The number of hydrogen-bond donors (Lipinski definition) is 1. The average molecular weight is 287 g/mol. The fourth-order valence-electron chi connectivity index (χ4n) is 1.71. The van der Waals surface area contributed by atoms with E-state index in [2.05, 4.69) is 5.32 Å². The minimum absolute atomic E-state index is 0.0131. The van der Waals surface area contributed by atoms with Crippen LogP contribution in [0.2, 0.25) is 0 Å². The summed E-state index contributed by atoms with van der Waals surface area (Å²) >= 11 is 0. The Kier molecular flexibility index (Phi) is 7.58. The van der Waals surface area contributed by atoms with Crippen LogP contribution in [0, 0.1) is 0 Å². The quantitative estimate of drug-likeness (QED) is 0.617. The molecular weight excluding hydrogens is 266 g/mol. The average Bonchev–Trinajstić information content (AvgIpc) is 2.46. The van der Waals surface area contributed by atoms with E-state index in [1.807, 2.05) is 49.4 Å². The Bertz CT molecular complexity index is 506. The normalized spacial score (nSPS) is 12.5. The molecule has 112 valence electrons. The molecule has 0 radical (unpaired) electrons. The highest BCUT2D eigenvalue weighted by Gasteiger charge is 2.08. The van der Waals surface area contributed by atoms with Gasteiger partial charge in [-0.3, -0.25) is 4.79 Å². The lowest BCUT2D eigenvalue weighted by Gasteiger charge is -2.13. The summed E-state index contributed by atoms with van der Waals surface area (Å²) in [5.74, 6) is -0.0131. The maximum atomic E-state index is 11.7. The first-order valence-corrected chi connectivity index (χ1v) is 6.89. The maximum absolute atomic E-state index is 11.7. The zero-order valence-electron chi connectivity index (χ0n) is 12.4. The van der Waals surface area contributed by atoms with Crippen molar-refractivity contribution in [3.8, 4) is 0 Å². The number of nitrogens with one attached hydrogen (secondary N) is 1. The summed E-state index contributed by atoms with van der Waals surface area (Å²) < 4.78 is 5.16. The van der Waals surface area contributed by atoms with E-state index >= 15 is 0 Å². The van der Waals surface area contributed by atoms with Crippen LogP contribution in [0.5, 0.6) is 0 Å². The number of ether oxygens (including phenoxy) is 1. The van der Waals surface area contributed by atoms with Crippen molar-refractivity contribution >= 4 is 11.9 Å². The van der Waals surface area contributed by atoms with E-state index in [1.54, 1.807) is 6.08 Å². The Morgan fingerprint density at radius 1 is 1.29 bits per heavy atom. The molecule has 0 bridgehead atoms. The first-order valence-electron chi connectivity index (χ1n) is 6.89. The van der Waals surface area contributed by atoms with Crippen LogP contribution in [-0.4, -0.2) is 17.9 Å². The molecule has 0 spiro atoms. The molecule has 4 heteroatoms. The van der Waals surface area contributed by atoms with E-state index in [-0.39, 0.29) is 18.4 Å². The van der Waals surface area contributed by atoms with Gasteiger partial charge in [-0.2, -0.15) is 0 Å². The van der Waals surface area contributed by atoms with Crippen molar-refractivity contribution in [1.82, 2.24) is 5.32 Å². The minimum Gasteiger partial charge on any atom is -0.445 e. The molecule has 0 aliphatic heterocycles. The largest absolute Gasteiger partial charge is 0.445 e. The SMILES string of the molecule is C/C=C/[C@@H](C/C=C/C(C)=O)NC(=O)OCc1ccccc1. The van der Waals surface area contributed by atoms with Gasteiger partial charge in [0.2, 0.25) is 0 Å². The number of amides is 1. The molecule has 0 fully saturated rings. The first kappa shape index (κ1) is 16.7. The van der Waals surface area contributed by atoms with Crippen LogP contribution in [0.1, 0.15) is 25.8 Å². The topological polar surface area (TPSA) is 55.4 Å². The third kappa shape index (κ3) is 7.72. The summed E-state index contributed by atoms with van der Waals surface area (Å²) in [7, 11) is 0. The molecule has 4 nitrogen and oxygen atoms in total. The van der Waals surface area contributed by atoms with Crippen molar-refractivity contribution in [3.63, 3.8) is 0 Å². The molecule has 1 amide bonds. The lowest BCUT2D eigenvalue weighted by molar-refractivity contribution is -0.112. The van der Waals surface area contributed by atoms with Gasteiger partial charge in [0.15, 0.2) is 5.78 Å². The standard InChI is InChI=1S/C17H21NO3/c1-3-8-16(12-7-9-14(2)19)18-17(20)21-13-15-10-5-4-6-11-15/h3-11,16H,12-13H2,1-2H3,(H,18,20)/b8-3+,9-7+/t16-/m0/s1. The Hall–Kier alpha value is -2.36. The van der Waals surface area contributed by atoms with Crippen LogP contribution >= 0.6 is 0 Å². The van der Waals surface area contributed by atoms with Gasteiger partial charge in [-0.25, -0.2) is 4.79 Å². The minimum atomic E-state index is -0.474. The monoisotopic (exact) mass is 287 g/mol. The van der Waals surface area contributed by atoms with Crippen molar-refractivity contribution in [2.45, 2.75) is 32.9 Å². The predicted octanol–water partition coefficient (Wildman–Crippen LogP) is 3.39. The highest BCUT2D eigenvalue weighted by atomic mass is 16.5. The Morgan fingerprint density at radius 2 is 2.00 bits per heavy atom. The smallest absolute Gasteiger partial charge is 0.407 e. The number of benzene rings is 1. The predicted molar refractivity (Wildman–Crippen MR) is 82.8 cm³/mol. The molecule has 21 heavy (non-hydrogen) atoms. The molecule has 0 saturated carbocycles. The van der Waals surface area contributed by atoms with Crippen LogP contribution in [-0.2, 0) is 16.1 Å². The lowest BCUT2D eigenvalue weighted by atomic mass is 10.2. The van der Waals surface area contributed by atoms with Gasteiger partial charge in [-0.1, -0.05) is 48.6 Å². The second kappa shape index (κ2) is 9.53. The van der Waals surface area contributed by atoms with Crippen molar-refractivity contribution in [1.29, 1.82) is 0 Å². The summed E-state index contributed by atoms with van der Waals surface area (Å²) in [6, 6.07) is 9.30. The Labute approximate surface area is 125 Å². The summed E-state index contributed by atoms with van der Waals surface area (Å²) in [6.45, 7) is 3.60. The van der Waals surface area contributed by atoms with Crippen molar-refractivity contribution in [2.75, 3.05) is 0 Å². The molecule has 0 aliphatic carbocycles. The van der Waals surface area contributed by atoms with E-state index in [0.29, 0.717) is 6.42 Å². The molecule has 0 saturated heterocycles. The highest BCUT2D eigenvalue weighted by Crippen LogP contribution is 2.02. The maximum Gasteiger partial charge on any atom is 0.407 e. The van der Waals surface area contributed by atoms with Gasteiger partial charge < -0.3 is 10.1 Å². The molecule has 1 aromatic carbocycles. The van der Waals surface area contributed by atoms with Gasteiger partial charge in [-0.15, -0.1) is 0 Å². The van der Waals surface area contributed by atoms with Crippen molar-refractivity contribution in [2.24, 2.45) is 0 Å². The second-order valence-electron chi connectivity index (χ2n) is 4.59. The Balaban J connectivity index is 2.43. The zero-order chi connectivity index (χ0) is 15.5. The number of rotatable bonds is 7. The van der Waals surface area contributed by atoms with E-state index in [1.165, 1.54) is 13.0 Å². The third-order valence-corrected chi connectivity index (χ3v) is 2.68. The van der Waals surface area contributed by atoms with Gasteiger partial charge in [0, 0.05) is 0 Å². The number of carbonyl (C=O) groups excluding carboxylic acids is 2. The molecule has 1 aromatic rings. The zero-order valence-corrected chi connectivity index (χ0v) is 12.4. The number of hydrogen-bond acceptors (Lipinski definition) is 3. The van der Waals surface area contributed by atoms with Crippen LogP contribution in [0.15, 0.2) is 54.6 Å². The molecule has 0 unspecified atom stereocenters. The number of ketones is 1. The van der Waals surface area contributed by atoms with Gasteiger partial charge in [0.1, 0.15) is 6.61 Å². The molecule has 1 rings (SSSR count). The summed E-state index contributed by atoms with van der Waals surface area (Å²) in [4.78, 5) is 22.6. The molecule has 0 heterocycles. The fraction of sp³-hybridized carbons (Fsp3) is 0.294. The third-order valence-electron chi connectivity index (χ3n) is 2.68. The van der Waals surface area contributed by atoms with Crippen LogP contribution in [0.25, 0.3) is 0 Å². The van der Waals surface area contributed by atoms with Gasteiger partial charge in [-0.05, 0) is 31.9 Å². The van der Waals surface area contributed by atoms with E-state index in [9.17, 15) is 9.59 Å². The molecule has 1 N–H and O–H groups in total. The van der Waals surface area contributed by atoms with Crippen molar-refractivity contribution < 1.29 is 14.3 Å². The van der Waals surface area contributed by atoms with E-state index in [0.717, 1.165) is 5.56 Å². The summed E-state index contributed by atoms with van der Waals surface area (Å²) in [6.07, 6.45) is 7.01. The first-order chi connectivity index (χ1) is 10.1. The Morgan fingerprint density at radius 3 is 2.62 bits per heavy atom. The fourth-order valence-corrected chi connectivity index (χ4v) is 1.71. The molecule has 0 aromatic heterocycles. The van der Waals surface area contributed by atoms with Crippen molar-refractivity contribution in [3.05, 3.63) is 60.2 Å². The highest BCUT2D eigenvalue weighted by molar-refractivity contribution is 5.87.